The Morgan fingerprint density at radius 2 is 0.519 bits per heavy atom. The van der Waals surface area contributed by atoms with Gasteiger partial charge in [-0.25, -0.2) is 0 Å². The van der Waals surface area contributed by atoms with Gasteiger partial charge in [-0.2, -0.15) is 132 Å². The predicted molar refractivity (Wildman–Crippen MR) is 120 cm³/mol. The first-order valence-electron chi connectivity index (χ1n) is 13.4. The van der Waals surface area contributed by atoms with Crippen molar-refractivity contribution in [2.45, 2.75) is 134 Å². The molecule has 0 heterocycles. The van der Waals surface area contributed by atoms with Crippen LogP contribution < -0.4 is 5.40 Å². The zero-order valence-corrected chi connectivity index (χ0v) is 26.4. The van der Waals surface area contributed by atoms with Crippen LogP contribution in [0.15, 0.2) is 0 Å². The predicted octanol–water partition coefficient (Wildman–Crippen LogP) is 12.2. The standard InChI is InChI=1S/C22H19F30NSi/c1-2-3-6-54(53,7-4-9(23,24)11(27,28)13(31,32)15(35,36)17(39,40)19(43,44)21(47,48)49)8-5-10(25,26)12(29,30)14(33,34)16(37,38)18(41,42)20(45,46)22(50,51)52/h2-8,53H2,1H3. The van der Waals surface area contributed by atoms with Gasteiger partial charge in [-0.1, -0.05) is 19.8 Å². The van der Waals surface area contributed by atoms with E-state index in [4.69, 9.17) is 5.40 Å². The van der Waals surface area contributed by atoms with E-state index in [2.05, 4.69) is 0 Å². The summed E-state index contributed by atoms with van der Waals surface area (Å²) >= 11 is 0. The van der Waals surface area contributed by atoms with Crippen LogP contribution in [-0.4, -0.2) is 91.7 Å². The Labute approximate surface area is 280 Å². The summed E-state index contributed by atoms with van der Waals surface area (Å²) in [4.78, 5) is 0. The summed E-state index contributed by atoms with van der Waals surface area (Å²) in [6.45, 7) is 1.03. The number of alkyl halides is 30. The fourth-order valence-corrected chi connectivity index (χ4v) is 7.46. The third-order valence-electron chi connectivity index (χ3n) is 7.69. The molecule has 0 aromatic carbocycles. The molecular formula is C22H19F30NSi. The molecule has 0 unspecified atom stereocenters. The van der Waals surface area contributed by atoms with Crippen LogP contribution in [-0.2, 0) is 0 Å². The number of unbranched alkanes of at least 4 members (excludes halogenated alkanes) is 1. The number of nitrogens with two attached hydrogens (primary N) is 1. The fourth-order valence-electron chi connectivity index (χ4n) is 4.03. The van der Waals surface area contributed by atoms with E-state index in [1.807, 2.05) is 0 Å². The van der Waals surface area contributed by atoms with Gasteiger partial charge in [0, 0.05) is 12.8 Å². The third kappa shape index (κ3) is 7.71. The first-order valence-corrected chi connectivity index (χ1v) is 16.1. The first-order chi connectivity index (χ1) is 23.0. The minimum atomic E-state index is -8.77. The number of rotatable bonds is 19. The van der Waals surface area contributed by atoms with Crippen LogP contribution in [0.4, 0.5) is 132 Å². The number of halogens is 30. The zero-order valence-electron chi connectivity index (χ0n) is 25.4. The van der Waals surface area contributed by atoms with Gasteiger partial charge in [-0.3, -0.25) is 0 Å². The second kappa shape index (κ2) is 14.2. The molecule has 0 radical (unpaired) electrons. The summed E-state index contributed by atoms with van der Waals surface area (Å²) in [6.07, 6.45) is -23.7. The van der Waals surface area contributed by atoms with Gasteiger partial charge >= 0.3 is 83.4 Å². The van der Waals surface area contributed by atoms with Crippen molar-refractivity contribution in [2.24, 2.45) is 5.40 Å². The maximum Gasteiger partial charge on any atom is 0.460 e. The molecule has 0 fully saturated rings. The third-order valence-corrected chi connectivity index (χ3v) is 11.5. The fraction of sp³-hybridized carbons (Fsp3) is 1.00. The summed E-state index contributed by atoms with van der Waals surface area (Å²) in [5, 5.41) is 5.35. The highest BCUT2D eigenvalue weighted by Crippen LogP contribution is 2.65. The summed E-state index contributed by atoms with van der Waals surface area (Å²) < 4.78 is 403. The lowest BCUT2D eigenvalue weighted by molar-refractivity contribution is -0.452. The van der Waals surface area contributed by atoms with E-state index < -0.39 is 129 Å². The van der Waals surface area contributed by atoms with Crippen molar-refractivity contribution in [3.8, 4) is 0 Å². The molecule has 0 rings (SSSR count). The Hall–Kier alpha value is -1.92. The molecule has 0 aromatic heterocycles. The van der Waals surface area contributed by atoms with Gasteiger partial charge in [0.05, 0.1) is 0 Å². The molecule has 0 saturated carbocycles. The zero-order chi connectivity index (χ0) is 44.4. The maximum absolute atomic E-state index is 14.3. The highest BCUT2D eigenvalue weighted by molar-refractivity contribution is 6.76. The Kier molecular flexibility index (Phi) is 13.7. The van der Waals surface area contributed by atoms with Crippen molar-refractivity contribution in [2.75, 3.05) is 0 Å². The molecule has 0 bridgehead atoms. The lowest BCUT2D eigenvalue weighted by atomic mass is 9.90. The van der Waals surface area contributed by atoms with Crippen LogP contribution in [0.5, 0.6) is 0 Å². The molecule has 2 N–H and O–H groups in total. The smallest absolute Gasteiger partial charge is 0.351 e. The molecule has 0 aliphatic carbocycles. The van der Waals surface area contributed by atoms with Crippen LogP contribution >= 0.6 is 0 Å². The van der Waals surface area contributed by atoms with Gasteiger partial charge in [0.1, 0.15) is 8.24 Å². The van der Waals surface area contributed by atoms with Crippen LogP contribution in [0.2, 0.25) is 18.1 Å². The normalized spacial score (nSPS) is 16.7. The minimum absolute atomic E-state index is 0.370. The summed E-state index contributed by atoms with van der Waals surface area (Å²) in [5.74, 6) is -99.4. The molecular weight excluding hydrogens is 876 g/mol. The van der Waals surface area contributed by atoms with Crippen molar-refractivity contribution >= 4 is 8.24 Å². The average molecular weight is 895 g/mol. The van der Waals surface area contributed by atoms with Crippen LogP contribution in [0, 0.1) is 0 Å². The second-order valence-electron chi connectivity index (χ2n) is 11.6. The highest BCUT2D eigenvalue weighted by atomic mass is 28.3. The van der Waals surface area contributed by atoms with Crippen molar-refractivity contribution in [1.82, 2.24) is 0 Å². The van der Waals surface area contributed by atoms with Crippen molar-refractivity contribution in [3.63, 3.8) is 0 Å². The number of hydrogen-bond acceptors (Lipinski definition) is 1. The summed E-state index contributed by atoms with van der Waals surface area (Å²) in [7, 11) is -5.37. The van der Waals surface area contributed by atoms with E-state index in [9.17, 15) is 132 Å². The molecule has 0 spiro atoms. The molecule has 0 amide bonds. The molecule has 0 aliphatic heterocycles. The molecule has 0 saturated heterocycles. The second-order valence-corrected chi connectivity index (χ2v) is 15.8. The Bertz CT molecular complexity index is 1190. The minimum Gasteiger partial charge on any atom is -0.351 e. The Morgan fingerprint density at radius 1 is 0.315 bits per heavy atom. The van der Waals surface area contributed by atoms with E-state index in [-0.39, 0.29) is 6.42 Å². The topological polar surface area (TPSA) is 26.0 Å². The van der Waals surface area contributed by atoms with Crippen molar-refractivity contribution in [3.05, 3.63) is 0 Å². The molecule has 32 heteroatoms. The maximum atomic E-state index is 14.3. The molecule has 54 heavy (non-hydrogen) atoms. The summed E-state index contributed by atoms with van der Waals surface area (Å²) in [5.41, 5.74) is 0. The van der Waals surface area contributed by atoms with Gasteiger partial charge in [0.2, 0.25) is 0 Å². The quantitative estimate of drug-likeness (QED) is 0.101. The van der Waals surface area contributed by atoms with Gasteiger partial charge in [0.25, 0.3) is 0 Å². The van der Waals surface area contributed by atoms with Crippen LogP contribution in [0.3, 0.4) is 0 Å². The van der Waals surface area contributed by atoms with E-state index in [1.165, 1.54) is 0 Å². The van der Waals surface area contributed by atoms with Crippen molar-refractivity contribution in [1.29, 1.82) is 0 Å². The van der Waals surface area contributed by atoms with E-state index in [0.717, 1.165) is 6.92 Å². The largest absolute Gasteiger partial charge is 0.460 e. The lowest BCUT2D eigenvalue weighted by Gasteiger charge is -2.42. The van der Waals surface area contributed by atoms with Crippen LogP contribution in [0.1, 0.15) is 32.6 Å². The van der Waals surface area contributed by atoms with Crippen LogP contribution in [0.25, 0.3) is 0 Å². The molecule has 326 valence electrons. The average Bonchev–Trinajstić information content (AvgIpc) is 2.96. The molecule has 0 aromatic rings. The molecule has 0 atom stereocenters. The monoisotopic (exact) mass is 895 g/mol. The Balaban J connectivity index is 6.80. The van der Waals surface area contributed by atoms with Gasteiger partial charge in [-0.15, -0.1) is 0 Å². The Morgan fingerprint density at radius 3 is 0.722 bits per heavy atom. The molecule has 0 aliphatic rings. The van der Waals surface area contributed by atoms with Gasteiger partial charge < -0.3 is 5.40 Å². The van der Waals surface area contributed by atoms with E-state index in [0.29, 0.717) is 0 Å². The number of hydrogen-bond donors (Lipinski definition) is 1. The van der Waals surface area contributed by atoms with Gasteiger partial charge in [0.15, 0.2) is 0 Å². The summed E-state index contributed by atoms with van der Waals surface area (Å²) in [6, 6.07) is -6.00. The molecule has 1 nitrogen and oxygen atoms in total. The van der Waals surface area contributed by atoms with E-state index in [1.54, 1.807) is 0 Å². The van der Waals surface area contributed by atoms with Gasteiger partial charge in [-0.05, 0) is 18.1 Å². The van der Waals surface area contributed by atoms with Crippen molar-refractivity contribution < 1.29 is 132 Å². The SMILES string of the molecule is CCCC[Si](N)(CCC(F)(F)C(F)(F)C(F)(F)C(F)(F)C(F)(F)C(F)(F)C(F)(F)F)CCC(F)(F)C(F)(F)C(F)(F)C(F)(F)C(F)(F)C(F)(F)C(F)(F)F. The lowest BCUT2D eigenvalue weighted by Crippen LogP contribution is -2.72. The highest BCUT2D eigenvalue weighted by Gasteiger charge is 2.94. The van der Waals surface area contributed by atoms with E-state index >= 15 is 0 Å². The first kappa shape index (κ1) is 52.1.